The van der Waals surface area contributed by atoms with E-state index in [0.717, 1.165) is 16.5 Å². The molecule has 0 radical (unpaired) electrons. The van der Waals surface area contributed by atoms with Crippen LogP contribution in [0.3, 0.4) is 0 Å². The molecule has 0 aliphatic carbocycles. The van der Waals surface area contributed by atoms with Gasteiger partial charge in [-0.2, -0.15) is 5.10 Å². The van der Waals surface area contributed by atoms with E-state index in [1.807, 2.05) is 17.0 Å². The zero-order valence-corrected chi connectivity index (χ0v) is 14.5. The van der Waals surface area contributed by atoms with Gasteiger partial charge in [0.25, 0.3) is 0 Å². The molecule has 0 saturated carbocycles. The van der Waals surface area contributed by atoms with E-state index in [-0.39, 0.29) is 10.6 Å². The Morgan fingerprint density at radius 3 is 2.82 bits per heavy atom. The van der Waals surface area contributed by atoms with Gasteiger partial charge in [-0.3, -0.25) is 10.1 Å². The maximum Gasteiger partial charge on any atom is 0.333 e. The first-order chi connectivity index (χ1) is 10.4. The molecule has 0 amide bonds. The van der Waals surface area contributed by atoms with Crippen LogP contribution in [0.15, 0.2) is 16.6 Å². The number of anilines is 1. The first-order valence-corrected chi connectivity index (χ1v) is 7.96. The molecule has 116 valence electrons. The molecule has 0 unspecified atom stereocenters. The minimum atomic E-state index is -0.365. The second kappa shape index (κ2) is 5.55. The third-order valence-electron chi connectivity index (χ3n) is 3.94. The van der Waals surface area contributed by atoms with Crippen molar-refractivity contribution in [1.29, 1.82) is 0 Å². The minimum absolute atomic E-state index is 0.0667. The van der Waals surface area contributed by atoms with Crippen molar-refractivity contribution >= 4 is 39.0 Å². The van der Waals surface area contributed by atoms with Crippen LogP contribution < -0.4 is 4.90 Å². The largest absolute Gasteiger partial charge is 0.346 e. The van der Waals surface area contributed by atoms with Gasteiger partial charge < -0.3 is 4.90 Å². The second-order valence-corrected chi connectivity index (χ2v) is 6.56. The first kappa shape index (κ1) is 15.3. The number of rotatable bonds is 2. The van der Waals surface area contributed by atoms with Crippen molar-refractivity contribution in [2.75, 3.05) is 11.4 Å². The number of halogens is 2. The van der Waals surface area contributed by atoms with Gasteiger partial charge in [-0.1, -0.05) is 27.5 Å². The van der Waals surface area contributed by atoms with Gasteiger partial charge in [0.1, 0.15) is 5.69 Å². The first-order valence-electron chi connectivity index (χ1n) is 6.78. The van der Waals surface area contributed by atoms with E-state index >= 15 is 0 Å². The summed E-state index contributed by atoms with van der Waals surface area (Å²) in [6, 6.07) is 3.78. The van der Waals surface area contributed by atoms with Gasteiger partial charge in [0, 0.05) is 29.6 Å². The minimum Gasteiger partial charge on any atom is -0.346 e. The zero-order chi connectivity index (χ0) is 16.0. The highest BCUT2D eigenvalue weighted by atomic mass is 79.9. The topological polar surface area (TPSA) is 64.2 Å². The van der Waals surface area contributed by atoms with Crippen LogP contribution in [0.5, 0.6) is 0 Å². The third-order valence-corrected chi connectivity index (χ3v) is 5.04. The van der Waals surface area contributed by atoms with Crippen molar-refractivity contribution in [1.82, 2.24) is 9.78 Å². The Labute approximate surface area is 140 Å². The lowest BCUT2D eigenvalue weighted by molar-refractivity contribution is -0.384. The van der Waals surface area contributed by atoms with Crippen molar-refractivity contribution in [2.24, 2.45) is 7.05 Å². The van der Waals surface area contributed by atoms with Crippen molar-refractivity contribution in [3.8, 4) is 0 Å². The van der Waals surface area contributed by atoms with E-state index in [1.54, 1.807) is 18.7 Å². The van der Waals surface area contributed by atoms with Gasteiger partial charge in [0.05, 0.1) is 4.92 Å². The molecule has 0 bridgehead atoms. The summed E-state index contributed by atoms with van der Waals surface area (Å²) < 4.78 is 2.60. The molecule has 0 fully saturated rings. The smallest absolute Gasteiger partial charge is 0.333 e. The predicted octanol–water partition coefficient (Wildman–Crippen LogP) is 3.62. The third kappa shape index (κ3) is 2.38. The van der Waals surface area contributed by atoms with Crippen LogP contribution in [0.4, 0.5) is 11.5 Å². The fourth-order valence-electron chi connectivity index (χ4n) is 2.98. The lowest BCUT2D eigenvalue weighted by Crippen LogP contribution is -2.32. The molecule has 1 aliphatic heterocycles. The summed E-state index contributed by atoms with van der Waals surface area (Å²) in [6.45, 7) is 2.88. The fraction of sp³-hybridized carbons (Fsp3) is 0.357. The molecule has 22 heavy (non-hydrogen) atoms. The number of hydrogen-bond acceptors (Lipinski definition) is 4. The van der Waals surface area contributed by atoms with E-state index in [1.165, 1.54) is 5.56 Å². The SMILES string of the molecule is Cc1nn(C)c(N2CCc3c(Br)ccc(Cl)c3C2)c1[N+](=O)[O-]. The standard InChI is InChI=1S/C14H14BrClN4O2/c1-8-13(20(21)22)14(18(2)17-8)19-6-5-9-10(7-19)12(16)4-3-11(9)15/h3-4H,5-7H2,1-2H3. The monoisotopic (exact) mass is 384 g/mol. The normalized spacial score (nSPS) is 14.1. The molecular weight excluding hydrogens is 372 g/mol. The number of nitro groups is 1. The van der Waals surface area contributed by atoms with Crippen LogP contribution in [0.25, 0.3) is 0 Å². The molecule has 2 aromatic rings. The summed E-state index contributed by atoms with van der Waals surface area (Å²) >= 11 is 9.86. The Bertz CT molecular complexity index is 775. The number of fused-ring (bicyclic) bond motifs is 1. The molecular formula is C14H14BrClN4O2. The Kier molecular flexibility index (Phi) is 3.86. The molecule has 0 saturated heterocycles. The Balaban J connectivity index is 2.06. The van der Waals surface area contributed by atoms with Gasteiger partial charge in [-0.15, -0.1) is 0 Å². The van der Waals surface area contributed by atoms with Gasteiger partial charge >= 0.3 is 5.69 Å². The molecule has 8 heteroatoms. The molecule has 1 aliphatic rings. The van der Waals surface area contributed by atoms with Crippen molar-refractivity contribution in [2.45, 2.75) is 19.9 Å². The van der Waals surface area contributed by atoms with Crippen LogP contribution >= 0.6 is 27.5 Å². The van der Waals surface area contributed by atoms with Crippen LogP contribution in [0.2, 0.25) is 5.02 Å². The van der Waals surface area contributed by atoms with Crippen molar-refractivity contribution in [3.63, 3.8) is 0 Å². The van der Waals surface area contributed by atoms with Crippen LogP contribution in [0, 0.1) is 17.0 Å². The Morgan fingerprint density at radius 2 is 2.14 bits per heavy atom. The maximum absolute atomic E-state index is 11.4. The molecule has 0 spiro atoms. The summed E-state index contributed by atoms with van der Waals surface area (Å²) in [5.74, 6) is 0.532. The summed E-state index contributed by atoms with van der Waals surface area (Å²) in [5.41, 5.74) is 2.67. The summed E-state index contributed by atoms with van der Waals surface area (Å²) in [6.07, 6.45) is 0.776. The van der Waals surface area contributed by atoms with E-state index in [0.29, 0.717) is 29.6 Å². The molecule has 2 heterocycles. The van der Waals surface area contributed by atoms with E-state index < -0.39 is 0 Å². The summed E-state index contributed by atoms with van der Waals surface area (Å²) in [5, 5.41) is 16.2. The number of benzene rings is 1. The average Bonchev–Trinajstić information content (AvgIpc) is 2.77. The number of nitrogens with zero attached hydrogens (tertiary/aromatic N) is 4. The molecule has 1 aromatic carbocycles. The maximum atomic E-state index is 11.4. The highest BCUT2D eigenvalue weighted by Gasteiger charge is 2.31. The highest BCUT2D eigenvalue weighted by molar-refractivity contribution is 9.10. The molecule has 6 nitrogen and oxygen atoms in total. The second-order valence-electron chi connectivity index (χ2n) is 5.30. The summed E-state index contributed by atoms with van der Waals surface area (Å²) in [7, 11) is 1.73. The lowest BCUT2D eigenvalue weighted by Gasteiger charge is -2.31. The van der Waals surface area contributed by atoms with Crippen molar-refractivity contribution in [3.05, 3.63) is 48.6 Å². The number of aromatic nitrogens is 2. The molecule has 0 atom stereocenters. The Hall–Kier alpha value is -1.60. The van der Waals surface area contributed by atoms with E-state index in [2.05, 4.69) is 21.0 Å². The molecule has 0 N–H and O–H groups in total. The van der Waals surface area contributed by atoms with E-state index in [4.69, 9.17) is 11.6 Å². The summed E-state index contributed by atoms with van der Waals surface area (Å²) in [4.78, 5) is 13.0. The van der Waals surface area contributed by atoms with Crippen LogP contribution in [-0.4, -0.2) is 21.2 Å². The average molecular weight is 386 g/mol. The van der Waals surface area contributed by atoms with Gasteiger partial charge in [-0.25, -0.2) is 4.68 Å². The van der Waals surface area contributed by atoms with Gasteiger partial charge in [0.15, 0.2) is 0 Å². The fourth-order valence-corrected chi connectivity index (χ4v) is 3.78. The molecule has 1 aromatic heterocycles. The van der Waals surface area contributed by atoms with Crippen LogP contribution in [0.1, 0.15) is 16.8 Å². The zero-order valence-electron chi connectivity index (χ0n) is 12.1. The number of aryl methyl sites for hydroxylation is 2. The number of hydrogen-bond donors (Lipinski definition) is 0. The highest BCUT2D eigenvalue weighted by Crippen LogP contribution is 2.37. The predicted molar refractivity (Wildman–Crippen MR) is 88.5 cm³/mol. The molecule has 3 rings (SSSR count). The quantitative estimate of drug-likeness (QED) is 0.585. The van der Waals surface area contributed by atoms with Crippen molar-refractivity contribution < 1.29 is 4.92 Å². The Morgan fingerprint density at radius 1 is 1.41 bits per heavy atom. The van der Waals surface area contributed by atoms with E-state index in [9.17, 15) is 10.1 Å². The van der Waals surface area contributed by atoms with Gasteiger partial charge in [0.2, 0.25) is 5.82 Å². The van der Waals surface area contributed by atoms with Gasteiger partial charge in [-0.05, 0) is 36.6 Å². The van der Waals surface area contributed by atoms with Crippen LogP contribution in [-0.2, 0) is 20.0 Å². The lowest BCUT2D eigenvalue weighted by atomic mass is 9.99.